The molecule has 0 bridgehead atoms. The molecule has 0 saturated heterocycles. The lowest BCUT2D eigenvalue weighted by molar-refractivity contribution is -0.118. The van der Waals surface area contributed by atoms with Crippen LogP contribution in [0.15, 0.2) is 29.7 Å². The van der Waals surface area contributed by atoms with Crippen molar-refractivity contribution in [2.75, 3.05) is 5.32 Å². The van der Waals surface area contributed by atoms with Crippen LogP contribution in [0.2, 0.25) is 0 Å². The van der Waals surface area contributed by atoms with Crippen LogP contribution in [0.25, 0.3) is 6.08 Å². The molecule has 0 heterocycles. The van der Waals surface area contributed by atoms with E-state index < -0.39 is 9.05 Å². The van der Waals surface area contributed by atoms with E-state index in [9.17, 15) is 13.2 Å². The number of amides is 1. The van der Waals surface area contributed by atoms with E-state index in [2.05, 4.69) is 5.32 Å². The Morgan fingerprint density at radius 2 is 1.83 bits per heavy atom. The summed E-state index contributed by atoms with van der Waals surface area (Å²) in [5.74, 6) is -0.160. The molecular weight excluding hydrogens is 274 g/mol. The van der Waals surface area contributed by atoms with Gasteiger partial charge in [0.1, 0.15) is 0 Å². The van der Waals surface area contributed by atoms with Gasteiger partial charge in [-0.15, -0.1) is 0 Å². The first-order valence-electron chi connectivity index (χ1n) is 5.31. The van der Waals surface area contributed by atoms with Crippen LogP contribution in [-0.2, 0) is 13.8 Å². The molecule has 6 heteroatoms. The molecule has 0 fully saturated rings. The summed E-state index contributed by atoms with van der Waals surface area (Å²) >= 11 is 0. The zero-order valence-corrected chi connectivity index (χ0v) is 11.6. The van der Waals surface area contributed by atoms with E-state index in [0.717, 1.165) is 5.41 Å². The Labute approximate surface area is 111 Å². The summed E-state index contributed by atoms with van der Waals surface area (Å²) in [6.45, 7) is 3.61. The Hall–Kier alpha value is -1.33. The minimum absolute atomic E-state index is 0.0679. The number of halogens is 1. The van der Waals surface area contributed by atoms with Gasteiger partial charge in [-0.25, -0.2) is 8.42 Å². The second-order valence-corrected chi connectivity index (χ2v) is 6.56. The van der Waals surface area contributed by atoms with Crippen molar-refractivity contribution in [3.8, 4) is 0 Å². The van der Waals surface area contributed by atoms with Gasteiger partial charge in [-0.1, -0.05) is 26.0 Å². The number of carbonyl (C=O) groups is 1. The van der Waals surface area contributed by atoms with E-state index >= 15 is 0 Å². The fourth-order valence-corrected chi connectivity index (χ4v) is 1.60. The Balaban J connectivity index is 2.75. The van der Waals surface area contributed by atoms with Gasteiger partial charge in [0.05, 0.1) is 0 Å². The number of rotatable bonds is 4. The third-order valence-corrected chi connectivity index (χ3v) is 2.90. The van der Waals surface area contributed by atoms with Gasteiger partial charge in [0.25, 0.3) is 9.05 Å². The maximum Gasteiger partial charge on any atom is 0.254 e. The molecule has 1 N–H and O–H groups in total. The van der Waals surface area contributed by atoms with Crippen LogP contribution in [0.5, 0.6) is 0 Å². The van der Waals surface area contributed by atoms with Gasteiger partial charge in [-0.2, -0.15) is 0 Å². The van der Waals surface area contributed by atoms with E-state index in [1.807, 2.05) is 0 Å². The number of benzene rings is 1. The Morgan fingerprint density at radius 3 is 2.28 bits per heavy atom. The zero-order chi connectivity index (χ0) is 13.8. The maximum absolute atomic E-state index is 11.4. The summed E-state index contributed by atoms with van der Waals surface area (Å²) in [6, 6.07) is 6.77. The SMILES string of the molecule is CC(C)C(=O)Nc1ccc(C=CS(=O)(=O)Cl)cc1. The average molecular weight is 288 g/mol. The van der Waals surface area contributed by atoms with Crippen molar-refractivity contribution >= 4 is 37.4 Å². The fraction of sp³-hybridized carbons (Fsp3) is 0.250. The normalized spacial score (nSPS) is 12.0. The first kappa shape index (κ1) is 14.7. The van der Waals surface area contributed by atoms with Crippen molar-refractivity contribution in [1.29, 1.82) is 0 Å². The van der Waals surface area contributed by atoms with Crippen LogP contribution in [0, 0.1) is 5.92 Å². The molecule has 0 aromatic heterocycles. The van der Waals surface area contributed by atoms with Gasteiger partial charge in [0.2, 0.25) is 5.91 Å². The first-order chi connectivity index (χ1) is 8.28. The second kappa shape index (κ2) is 6.02. The van der Waals surface area contributed by atoms with Gasteiger partial charge in [-0.05, 0) is 23.8 Å². The van der Waals surface area contributed by atoms with E-state index in [0.29, 0.717) is 11.3 Å². The van der Waals surface area contributed by atoms with E-state index in [-0.39, 0.29) is 11.8 Å². The largest absolute Gasteiger partial charge is 0.326 e. The number of nitrogens with one attached hydrogen (secondary N) is 1. The molecule has 18 heavy (non-hydrogen) atoms. The van der Waals surface area contributed by atoms with Crippen molar-refractivity contribution in [3.05, 3.63) is 35.2 Å². The minimum Gasteiger partial charge on any atom is -0.326 e. The Morgan fingerprint density at radius 1 is 1.28 bits per heavy atom. The number of anilines is 1. The second-order valence-electron chi connectivity index (χ2n) is 4.04. The molecule has 0 saturated carbocycles. The third kappa shape index (κ3) is 5.33. The smallest absolute Gasteiger partial charge is 0.254 e. The molecule has 1 rings (SSSR count). The van der Waals surface area contributed by atoms with Gasteiger partial charge in [0, 0.05) is 27.7 Å². The summed E-state index contributed by atoms with van der Waals surface area (Å²) in [6.07, 6.45) is 1.39. The van der Waals surface area contributed by atoms with Crippen molar-refractivity contribution in [1.82, 2.24) is 0 Å². The maximum atomic E-state index is 11.4. The summed E-state index contributed by atoms with van der Waals surface area (Å²) in [5, 5.41) is 3.65. The molecule has 0 aliphatic carbocycles. The lowest BCUT2D eigenvalue weighted by Gasteiger charge is -2.07. The standard InChI is InChI=1S/C12H14ClNO3S/c1-9(2)12(15)14-11-5-3-10(4-6-11)7-8-18(13,16)17/h3-9H,1-2H3,(H,14,15). The highest BCUT2D eigenvalue weighted by molar-refractivity contribution is 8.16. The monoisotopic (exact) mass is 287 g/mol. The van der Waals surface area contributed by atoms with Crippen LogP contribution in [0.4, 0.5) is 5.69 Å². The molecule has 0 aliphatic rings. The molecule has 98 valence electrons. The van der Waals surface area contributed by atoms with Crippen molar-refractivity contribution in [2.24, 2.45) is 5.92 Å². The first-order valence-corrected chi connectivity index (χ1v) is 7.69. The molecule has 1 aromatic rings. The number of hydrogen-bond donors (Lipinski definition) is 1. The highest BCUT2D eigenvalue weighted by Gasteiger charge is 2.06. The molecule has 1 aromatic carbocycles. The molecule has 0 atom stereocenters. The topological polar surface area (TPSA) is 63.2 Å². The summed E-state index contributed by atoms with van der Waals surface area (Å²) in [4.78, 5) is 11.4. The van der Waals surface area contributed by atoms with Crippen LogP contribution in [-0.4, -0.2) is 14.3 Å². The quantitative estimate of drug-likeness (QED) is 0.866. The number of carbonyl (C=O) groups excluding carboxylic acids is 1. The van der Waals surface area contributed by atoms with Crippen molar-refractivity contribution in [3.63, 3.8) is 0 Å². The van der Waals surface area contributed by atoms with Gasteiger partial charge in [-0.3, -0.25) is 4.79 Å². The number of hydrogen-bond acceptors (Lipinski definition) is 3. The predicted octanol–water partition coefficient (Wildman–Crippen LogP) is 2.82. The zero-order valence-electron chi connectivity index (χ0n) is 10.1. The highest BCUT2D eigenvalue weighted by Crippen LogP contribution is 2.13. The van der Waals surface area contributed by atoms with E-state index in [4.69, 9.17) is 10.7 Å². The molecule has 0 radical (unpaired) electrons. The van der Waals surface area contributed by atoms with E-state index in [1.165, 1.54) is 6.08 Å². The molecule has 0 spiro atoms. The molecule has 0 unspecified atom stereocenters. The lowest BCUT2D eigenvalue weighted by Crippen LogP contribution is -2.17. The highest BCUT2D eigenvalue weighted by atomic mass is 35.7. The summed E-state index contributed by atoms with van der Waals surface area (Å²) in [5.41, 5.74) is 1.35. The van der Waals surface area contributed by atoms with Crippen molar-refractivity contribution in [2.45, 2.75) is 13.8 Å². The minimum atomic E-state index is -3.64. The molecule has 4 nitrogen and oxygen atoms in total. The molecule has 0 aliphatic heterocycles. The third-order valence-electron chi connectivity index (χ3n) is 2.13. The van der Waals surface area contributed by atoms with Gasteiger partial charge < -0.3 is 5.32 Å². The average Bonchev–Trinajstić information content (AvgIpc) is 2.27. The summed E-state index contributed by atoms with van der Waals surface area (Å²) in [7, 11) is 1.41. The molecular formula is C12H14ClNO3S. The fourth-order valence-electron chi connectivity index (χ4n) is 1.12. The van der Waals surface area contributed by atoms with Gasteiger partial charge >= 0.3 is 0 Å². The van der Waals surface area contributed by atoms with Gasteiger partial charge in [0.15, 0.2) is 0 Å². The van der Waals surface area contributed by atoms with Crippen LogP contribution in [0.3, 0.4) is 0 Å². The van der Waals surface area contributed by atoms with Crippen molar-refractivity contribution < 1.29 is 13.2 Å². The lowest BCUT2D eigenvalue weighted by atomic mass is 10.2. The van der Waals surface area contributed by atoms with E-state index in [1.54, 1.807) is 38.1 Å². The Kier molecular flexibility index (Phi) is 4.93. The predicted molar refractivity (Wildman–Crippen MR) is 73.7 cm³/mol. The van der Waals surface area contributed by atoms with Crippen LogP contribution in [0.1, 0.15) is 19.4 Å². The Bertz CT molecular complexity index is 547. The summed E-state index contributed by atoms with van der Waals surface area (Å²) < 4.78 is 21.4. The molecule has 1 amide bonds. The van der Waals surface area contributed by atoms with Crippen LogP contribution >= 0.6 is 10.7 Å². The van der Waals surface area contributed by atoms with Crippen LogP contribution < -0.4 is 5.32 Å².